The summed E-state index contributed by atoms with van der Waals surface area (Å²) in [6.45, 7) is 7.07. The van der Waals surface area contributed by atoms with Gasteiger partial charge >= 0.3 is 0 Å². The third-order valence-electron chi connectivity index (χ3n) is 5.00. The normalized spacial score (nSPS) is 36.6. The van der Waals surface area contributed by atoms with E-state index in [-0.39, 0.29) is 23.3 Å². The van der Waals surface area contributed by atoms with Crippen LogP contribution in [0, 0.1) is 11.3 Å². The number of amides is 1. The van der Waals surface area contributed by atoms with Crippen molar-refractivity contribution in [3.8, 4) is 0 Å². The second-order valence-corrected chi connectivity index (χ2v) is 8.18. The Hall–Kier alpha value is -0.460. The molecule has 1 saturated heterocycles. The van der Waals surface area contributed by atoms with E-state index in [4.69, 9.17) is 10.5 Å². The molecule has 1 heterocycles. The number of hydrogen-bond donors (Lipinski definition) is 2. The highest BCUT2D eigenvalue weighted by molar-refractivity contribution is 7.84. The van der Waals surface area contributed by atoms with Crippen LogP contribution in [0.25, 0.3) is 0 Å². The predicted octanol–water partition coefficient (Wildman–Crippen LogP) is 0.404. The van der Waals surface area contributed by atoms with E-state index in [0.29, 0.717) is 18.1 Å². The van der Waals surface area contributed by atoms with E-state index in [2.05, 4.69) is 5.32 Å². The fraction of sp³-hybridized carbons (Fsp3) is 0.929. The van der Waals surface area contributed by atoms with Crippen molar-refractivity contribution in [3.05, 3.63) is 0 Å². The molecule has 20 heavy (non-hydrogen) atoms. The van der Waals surface area contributed by atoms with Gasteiger partial charge in [0.25, 0.3) is 0 Å². The molecule has 4 unspecified atom stereocenters. The summed E-state index contributed by atoms with van der Waals surface area (Å²) < 4.78 is 17.2. The van der Waals surface area contributed by atoms with Gasteiger partial charge in [0.2, 0.25) is 5.91 Å². The molecule has 0 aromatic rings. The zero-order valence-electron chi connectivity index (χ0n) is 12.6. The van der Waals surface area contributed by atoms with Crippen molar-refractivity contribution in [2.24, 2.45) is 17.1 Å². The van der Waals surface area contributed by atoms with Gasteiger partial charge in [0.05, 0.1) is 6.10 Å². The lowest BCUT2D eigenvalue weighted by molar-refractivity contribution is -0.225. The van der Waals surface area contributed by atoms with Gasteiger partial charge in [-0.05, 0) is 12.8 Å². The minimum absolute atomic E-state index is 0.0803. The van der Waals surface area contributed by atoms with Crippen molar-refractivity contribution in [2.75, 3.05) is 24.7 Å². The quantitative estimate of drug-likeness (QED) is 0.770. The summed E-state index contributed by atoms with van der Waals surface area (Å²) in [4.78, 5) is 12.5. The highest BCUT2D eigenvalue weighted by Crippen LogP contribution is 2.57. The number of nitrogens with one attached hydrogen (secondary N) is 1. The number of fused-ring (bicyclic) bond motifs is 1. The van der Waals surface area contributed by atoms with Crippen molar-refractivity contribution in [1.82, 2.24) is 5.32 Å². The minimum Gasteiger partial charge on any atom is -0.377 e. The van der Waals surface area contributed by atoms with Gasteiger partial charge in [-0.2, -0.15) is 0 Å². The van der Waals surface area contributed by atoms with Crippen LogP contribution in [0.1, 0.15) is 33.6 Å². The number of rotatable bonds is 5. The molecule has 2 aliphatic rings. The zero-order valence-corrected chi connectivity index (χ0v) is 13.4. The summed E-state index contributed by atoms with van der Waals surface area (Å²) >= 11 is 0. The SMILES string of the molecule is CCS(=O)CCNC(=O)C1(N)C2CCCOC2C1(C)C. The van der Waals surface area contributed by atoms with Crippen LogP contribution in [0.3, 0.4) is 0 Å². The molecule has 5 nitrogen and oxygen atoms in total. The molecule has 2 fully saturated rings. The third kappa shape index (κ3) is 2.31. The first-order valence-corrected chi connectivity index (χ1v) is 8.88. The van der Waals surface area contributed by atoms with E-state index < -0.39 is 16.3 Å². The standard InChI is InChI=1S/C14H26N2O3S/c1-4-20(18)9-7-16-12(17)14(15)10-6-5-8-19-11(10)13(14,2)3/h10-11H,4-9,15H2,1-3H3,(H,16,17). The second kappa shape index (κ2) is 5.73. The summed E-state index contributed by atoms with van der Waals surface area (Å²) in [5, 5.41) is 2.87. The molecule has 116 valence electrons. The largest absolute Gasteiger partial charge is 0.377 e. The monoisotopic (exact) mass is 302 g/mol. The number of carbonyl (C=O) groups excluding carboxylic acids is 1. The summed E-state index contributed by atoms with van der Waals surface area (Å²) in [6, 6.07) is 0. The van der Waals surface area contributed by atoms with Gasteiger partial charge in [-0.15, -0.1) is 0 Å². The van der Waals surface area contributed by atoms with Crippen LogP contribution < -0.4 is 11.1 Å². The van der Waals surface area contributed by atoms with E-state index in [1.807, 2.05) is 20.8 Å². The van der Waals surface area contributed by atoms with Crippen LogP contribution in [0.15, 0.2) is 0 Å². The van der Waals surface area contributed by atoms with Crippen molar-refractivity contribution in [1.29, 1.82) is 0 Å². The van der Waals surface area contributed by atoms with Crippen LogP contribution in [0.2, 0.25) is 0 Å². The molecule has 4 atom stereocenters. The van der Waals surface area contributed by atoms with Gasteiger partial charge in [0.15, 0.2) is 0 Å². The third-order valence-corrected chi connectivity index (χ3v) is 6.30. The van der Waals surface area contributed by atoms with E-state index in [0.717, 1.165) is 19.4 Å². The Balaban J connectivity index is 1.98. The summed E-state index contributed by atoms with van der Waals surface area (Å²) in [5.74, 6) is 1.09. The maximum absolute atomic E-state index is 12.5. The van der Waals surface area contributed by atoms with Gasteiger partial charge in [0.1, 0.15) is 5.54 Å². The zero-order chi connectivity index (χ0) is 15.0. The average molecular weight is 302 g/mol. The average Bonchev–Trinajstić information content (AvgIpc) is 2.45. The summed E-state index contributed by atoms with van der Waals surface area (Å²) in [5.41, 5.74) is 5.24. The summed E-state index contributed by atoms with van der Waals surface area (Å²) in [6.07, 6.45) is 1.99. The van der Waals surface area contributed by atoms with Crippen LogP contribution in [0.4, 0.5) is 0 Å². The second-order valence-electron chi connectivity index (χ2n) is 6.32. The topological polar surface area (TPSA) is 81.4 Å². The first kappa shape index (κ1) is 15.9. The molecule has 0 radical (unpaired) electrons. The minimum atomic E-state index is -0.869. The molecule has 1 saturated carbocycles. The smallest absolute Gasteiger partial charge is 0.241 e. The van der Waals surface area contributed by atoms with Gasteiger partial charge in [-0.1, -0.05) is 20.8 Å². The fourth-order valence-electron chi connectivity index (χ4n) is 3.61. The van der Waals surface area contributed by atoms with Crippen molar-refractivity contribution >= 4 is 16.7 Å². The molecule has 1 amide bonds. The summed E-state index contributed by atoms with van der Waals surface area (Å²) in [7, 11) is -0.862. The van der Waals surface area contributed by atoms with E-state index in [1.54, 1.807) is 0 Å². The van der Waals surface area contributed by atoms with Gasteiger partial charge < -0.3 is 15.8 Å². The first-order chi connectivity index (χ1) is 9.35. The molecule has 6 heteroatoms. The van der Waals surface area contributed by atoms with Crippen LogP contribution in [-0.4, -0.2) is 46.4 Å². The van der Waals surface area contributed by atoms with E-state index >= 15 is 0 Å². The van der Waals surface area contributed by atoms with Crippen LogP contribution in [0.5, 0.6) is 0 Å². The Bertz CT molecular complexity index is 413. The van der Waals surface area contributed by atoms with Crippen molar-refractivity contribution in [2.45, 2.75) is 45.3 Å². The number of carbonyl (C=O) groups is 1. The molecular formula is C14H26N2O3S. The Kier molecular flexibility index (Phi) is 4.56. The van der Waals surface area contributed by atoms with Gasteiger partial charge in [-0.25, -0.2) is 0 Å². The number of hydrogen-bond acceptors (Lipinski definition) is 4. The van der Waals surface area contributed by atoms with E-state index in [9.17, 15) is 9.00 Å². The first-order valence-electron chi connectivity index (χ1n) is 7.39. The maximum Gasteiger partial charge on any atom is 0.241 e. The predicted molar refractivity (Wildman–Crippen MR) is 79.7 cm³/mol. The lowest BCUT2D eigenvalue weighted by atomic mass is 9.46. The molecule has 0 bridgehead atoms. The van der Waals surface area contributed by atoms with Crippen LogP contribution in [-0.2, 0) is 20.3 Å². The Labute approximate surface area is 123 Å². The molecule has 3 N–H and O–H groups in total. The molecule has 0 aromatic heterocycles. The molecular weight excluding hydrogens is 276 g/mol. The van der Waals surface area contributed by atoms with Crippen LogP contribution >= 0.6 is 0 Å². The Morgan fingerprint density at radius 1 is 1.50 bits per heavy atom. The highest BCUT2D eigenvalue weighted by Gasteiger charge is 2.70. The number of nitrogens with two attached hydrogens (primary N) is 1. The molecule has 0 aromatic carbocycles. The fourth-order valence-corrected chi connectivity index (χ4v) is 4.22. The van der Waals surface area contributed by atoms with E-state index in [1.165, 1.54) is 0 Å². The number of ether oxygens (including phenoxy) is 1. The maximum atomic E-state index is 12.5. The molecule has 1 aliphatic carbocycles. The molecule has 1 aliphatic heterocycles. The Morgan fingerprint density at radius 2 is 2.20 bits per heavy atom. The van der Waals surface area contributed by atoms with Crippen molar-refractivity contribution in [3.63, 3.8) is 0 Å². The Morgan fingerprint density at radius 3 is 2.85 bits per heavy atom. The molecule has 0 spiro atoms. The van der Waals surface area contributed by atoms with Gasteiger partial charge in [0, 0.05) is 46.8 Å². The lowest BCUT2D eigenvalue weighted by Gasteiger charge is -2.65. The lowest BCUT2D eigenvalue weighted by Crippen LogP contribution is -2.82. The molecule has 2 rings (SSSR count). The van der Waals surface area contributed by atoms with Crippen molar-refractivity contribution < 1.29 is 13.7 Å². The highest BCUT2D eigenvalue weighted by atomic mass is 32.2. The van der Waals surface area contributed by atoms with Gasteiger partial charge in [-0.3, -0.25) is 9.00 Å².